The fraction of sp³-hybridized carbons (Fsp3) is 0.333. The van der Waals surface area contributed by atoms with E-state index < -0.39 is 9.84 Å². The maximum Gasteiger partial charge on any atom is 0.228 e. The molecule has 7 nitrogen and oxygen atoms in total. The SMILES string of the molecule is COCCn1c(S(C)(=O)=O)nc(-c2ccc(F)cc2)c1-c1ccnc(OC(C)C)c1. The number of imidazole rings is 1. The van der Waals surface area contributed by atoms with Crippen molar-refractivity contribution in [2.45, 2.75) is 31.7 Å². The fourth-order valence-electron chi connectivity index (χ4n) is 3.07. The van der Waals surface area contributed by atoms with Crippen molar-refractivity contribution in [3.05, 3.63) is 48.4 Å². The Morgan fingerprint density at radius 2 is 1.83 bits per heavy atom. The molecule has 0 aliphatic rings. The summed E-state index contributed by atoms with van der Waals surface area (Å²) in [6, 6.07) is 9.26. The largest absolute Gasteiger partial charge is 0.475 e. The second-order valence-corrected chi connectivity index (χ2v) is 8.97. The quantitative estimate of drug-likeness (QED) is 0.540. The average molecular weight is 434 g/mol. The van der Waals surface area contributed by atoms with Crippen LogP contribution in [-0.2, 0) is 21.1 Å². The summed E-state index contributed by atoms with van der Waals surface area (Å²) < 4.78 is 50.9. The molecule has 2 heterocycles. The van der Waals surface area contributed by atoms with Gasteiger partial charge >= 0.3 is 0 Å². The molecule has 3 aromatic rings. The van der Waals surface area contributed by atoms with Crippen LogP contribution in [0.1, 0.15) is 13.8 Å². The molecule has 0 radical (unpaired) electrons. The summed E-state index contributed by atoms with van der Waals surface area (Å²) >= 11 is 0. The number of benzene rings is 1. The van der Waals surface area contributed by atoms with Gasteiger partial charge in [-0.1, -0.05) is 0 Å². The number of hydrogen-bond donors (Lipinski definition) is 0. The molecular weight excluding hydrogens is 409 g/mol. The minimum Gasteiger partial charge on any atom is -0.475 e. The van der Waals surface area contributed by atoms with Crippen molar-refractivity contribution >= 4 is 9.84 Å². The van der Waals surface area contributed by atoms with Gasteiger partial charge in [0.1, 0.15) is 5.82 Å². The molecule has 0 saturated heterocycles. The Morgan fingerprint density at radius 1 is 1.13 bits per heavy atom. The number of sulfone groups is 1. The molecule has 2 aromatic heterocycles. The Morgan fingerprint density at radius 3 is 2.43 bits per heavy atom. The molecule has 1 aromatic carbocycles. The molecule has 0 unspecified atom stereocenters. The third-order valence-electron chi connectivity index (χ3n) is 4.27. The molecule has 0 aliphatic heterocycles. The summed E-state index contributed by atoms with van der Waals surface area (Å²) in [5, 5.41) is -0.0861. The van der Waals surface area contributed by atoms with Gasteiger partial charge in [0.2, 0.25) is 20.9 Å². The Bertz CT molecular complexity index is 1130. The number of pyridine rings is 1. The molecule has 160 valence electrons. The molecule has 0 aliphatic carbocycles. The van der Waals surface area contributed by atoms with E-state index in [1.165, 1.54) is 12.1 Å². The van der Waals surface area contributed by atoms with Crippen LogP contribution >= 0.6 is 0 Å². The van der Waals surface area contributed by atoms with Crippen LogP contribution in [0.4, 0.5) is 4.39 Å². The van der Waals surface area contributed by atoms with Crippen LogP contribution in [0.5, 0.6) is 5.88 Å². The number of ether oxygens (including phenoxy) is 2. The van der Waals surface area contributed by atoms with Gasteiger partial charge in [0.25, 0.3) is 0 Å². The lowest BCUT2D eigenvalue weighted by atomic mass is 10.1. The molecule has 0 amide bonds. The first kappa shape index (κ1) is 21.9. The molecule has 0 spiro atoms. The predicted octanol–water partition coefficient (Wildman–Crippen LogP) is 3.59. The van der Waals surface area contributed by atoms with Crippen LogP contribution < -0.4 is 4.74 Å². The van der Waals surface area contributed by atoms with Gasteiger partial charge in [0.15, 0.2) is 0 Å². The Hall–Kier alpha value is -2.78. The van der Waals surface area contributed by atoms with Crippen LogP contribution in [-0.4, -0.2) is 49.0 Å². The predicted molar refractivity (Wildman–Crippen MR) is 112 cm³/mol. The maximum atomic E-state index is 13.5. The van der Waals surface area contributed by atoms with E-state index in [1.807, 2.05) is 13.8 Å². The van der Waals surface area contributed by atoms with Gasteiger partial charge in [-0.05, 0) is 44.2 Å². The molecule has 0 bridgehead atoms. The smallest absolute Gasteiger partial charge is 0.228 e. The Kier molecular flexibility index (Phi) is 6.52. The zero-order valence-electron chi connectivity index (χ0n) is 17.3. The number of rotatable bonds is 8. The Labute approximate surface area is 175 Å². The van der Waals surface area contributed by atoms with Crippen molar-refractivity contribution in [1.29, 1.82) is 0 Å². The van der Waals surface area contributed by atoms with Gasteiger partial charge in [-0.25, -0.2) is 22.8 Å². The van der Waals surface area contributed by atoms with Gasteiger partial charge in [-0.2, -0.15) is 0 Å². The lowest BCUT2D eigenvalue weighted by Crippen LogP contribution is -2.13. The molecule has 3 rings (SSSR count). The minimum atomic E-state index is -3.64. The zero-order valence-corrected chi connectivity index (χ0v) is 18.1. The lowest BCUT2D eigenvalue weighted by molar-refractivity contribution is 0.185. The van der Waals surface area contributed by atoms with Crippen molar-refractivity contribution < 1.29 is 22.3 Å². The summed E-state index contributed by atoms with van der Waals surface area (Å²) in [4.78, 5) is 8.66. The highest BCUT2D eigenvalue weighted by molar-refractivity contribution is 7.90. The van der Waals surface area contributed by atoms with E-state index in [4.69, 9.17) is 9.47 Å². The number of aromatic nitrogens is 3. The molecule has 30 heavy (non-hydrogen) atoms. The maximum absolute atomic E-state index is 13.5. The van der Waals surface area contributed by atoms with Gasteiger partial charge in [0, 0.05) is 43.3 Å². The van der Waals surface area contributed by atoms with Gasteiger partial charge in [0.05, 0.1) is 24.1 Å². The molecule has 9 heteroatoms. The van der Waals surface area contributed by atoms with Gasteiger partial charge < -0.3 is 14.0 Å². The van der Waals surface area contributed by atoms with Crippen LogP contribution in [0.3, 0.4) is 0 Å². The minimum absolute atomic E-state index is 0.0747. The first-order chi connectivity index (χ1) is 14.2. The van der Waals surface area contributed by atoms with E-state index in [0.29, 0.717) is 28.4 Å². The Balaban J connectivity index is 2.29. The normalized spacial score (nSPS) is 11.8. The standard InChI is InChI=1S/C21H24FN3O4S/c1-14(2)29-18-13-16(9-10-23-18)20-19(15-5-7-17(22)8-6-15)24-21(30(4,26)27)25(20)11-12-28-3/h5-10,13-14H,11-12H2,1-4H3. The summed E-state index contributed by atoms with van der Waals surface area (Å²) in [6.07, 6.45) is 2.63. The van der Waals surface area contributed by atoms with E-state index >= 15 is 0 Å². The van der Waals surface area contributed by atoms with E-state index in [9.17, 15) is 12.8 Å². The van der Waals surface area contributed by atoms with Crippen molar-refractivity contribution in [1.82, 2.24) is 14.5 Å². The van der Waals surface area contributed by atoms with Crippen molar-refractivity contribution in [3.8, 4) is 28.4 Å². The summed E-state index contributed by atoms with van der Waals surface area (Å²) in [7, 11) is -2.10. The molecule has 0 atom stereocenters. The van der Waals surface area contributed by atoms with Crippen molar-refractivity contribution in [2.75, 3.05) is 20.0 Å². The number of halogens is 1. The zero-order chi connectivity index (χ0) is 21.9. The van der Waals surface area contributed by atoms with Crippen LogP contribution in [0.25, 0.3) is 22.5 Å². The third kappa shape index (κ3) is 4.85. The highest BCUT2D eigenvalue weighted by Crippen LogP contribution is 2.35. The first-order valence-corrected chi connectivity index (χ1v) is 11.3. The van der Waals surface area contributed by atoms with E-state index in [0.717, 1.165) is 6.26 Å². The second kappa shape index (κ2) is 8.93. The van der Waals surface area contributed by atoms with E-state index in [2.05, 4.69) is 9.97 Å². The summed E-state index contributed by atoms with van der Waals surface area (Å²) in [5.74, 6) is 0.0203. The molecule has 0 saturated carbocycles. The monoisotopic (exact) mass is 433 g/mol. The summed E-state index contributed by atoms with van der Waals surface area (Å²) in [6.45, 7) is 4.34. The highest BCUT2D eigenvalue weighted by atomic mass is 32.2. The lowest BCUT2D eigenvalue weighted by Gasteiger charge is -2.14. The first-order valence-electron chi connectivity index (χ1n) is 9.39. The van der Waals surface area contributed by atoms with E-state index in [1.54, 1.807) is 42.1 Å². The third-order valence-corrected chi connectivity index (χ3v) is 5.24. The molecule has 0 N–H and O–H groups in total. The van der Waals surface area contributed by atoms with Crippen LogP contribution in [0.15, 0.2) is 47.8 Å². The molecular formula is C21H24FN3O4S. The average Bonchev–Trinajstić information content (AvgIpc) is 3.06. The van der Waals surface area contributed by atoms with Crippen molar-refractivity contribution in [3.63, 3.8) is 0 Å². The molecule has 0 fully saturated rings. The van der Waals surface area contributed by atoms with Crippen molar-refractivity contribution in [2.24, 2.45) is 0 Å². The highest BCUT2D eigenvalue weighted by Gasteiger charge is 2.26. The van der Waals surface area contributed by atoms with E-state index in [-0.39, 0.29) is 30.2 Å². The number of methoxy groups -OCH3 is 1. The van der Waals surface area contributed by atoms with Gasteiger partial charge in [-0.15, -0.1) is 0 Å². The van der Waals surface area contributed by atoms with Crippen LogP contribution in [0.2, 0.25) is 0 Å². The summed E-state index contributed by atoms with van der Waals surface area (Å²) in [5.41, 5.74) is 2.26. The van der Waals surface area contributed by atoms with Gasteiger partial charge in [-0.3, -0.25) is 0 Å². The number of hydrogen-bond acceptors (Lipinski definition) is 6. The second-order valence-electron chi connectivity index (χ2n) is 7.06. The van der Waals surface area contributed by atoms with Crippen LogP contribution in [0, 0.1) is 5.82 Å². The fourth-order valence-corrected chi connectivity index (χ4v) is 3.91. The topological polar surface area (TPSA) is 83.3 Å². The number of nitrogens with zero attached hydrogens (tertiary/aromatic N) is 3.